The molecule has 1 saturated heterocycles. The van der Waals surface area contributed by atoms with Crippen molar-refractivity contribution in [2.45, 2.75) is 45.6 Å². The van der Waals surface area contributed by atoms with Gasteiger partial charge in [0.15, 0.2) is 0 Å². The van der Waals surface area contributed by atoms with Crippen LogP contribution in [0.3, 0.4) is 0 Å². The highest BCUT2D eigenvalue weighted by atomic mass is 16.5. The van der Waals surface area contributed by atoms with Crippen molar-refractivity contribution in [3.8, 4) is 5.75 Å². The lowest BCUT2D eigenvalue weighted by Gasteiger charge is -2.17. The molecule has 1 aliphatic heterocycles. The Balaban J connectivity index is 1.62. The number of allylic oxidation sites excluding steroid dienone is 1. The Kier molecular flexibility index (Phi) is 7.42. The van der Waals surface area contributed by atoms with Gasteiger partial charge in [0.25, 0.3) is 0 Å². The first-order chi connectivity index (χ1) is 14.0. The first-order valence-electron chi connectivity index (χ1n) is 10.3. The fourth-order valence-electron chi connectivity index (χ4n) is 3.35. The molecule has 1 aromatic heterocycles. The monoisotopic (exact) mass is 393 g/mol. The number of para-hydroxylation sites is 1. The summed E-state index contributed by atoms with van der Waals surface area (Å²) in [4.78, 5) is 9.02. The van der Waals surface area contributed by atoms with Crippen LogP contribution >= 0.6 is 0 Å². The molecule has 3 rings (SSSR count). The normalized spacial score (nSPS) is 18.7. The van der Waals surface area contributed by atoms with Crippen molar-refractivity contribution in [1.29, 1.82) is 0 Å². The standard InChI is InChI=1S/C24H31N3O2/c1-17(14-26-19(3)13-23(25)20-11-10-18(2)27-15-20)22-8-4-5-9-24(22)29-16-21-7-6-12-28-21/h4-5,8-11,13,15,17,21H,6-7,12,14,16,25H2,1-3H3. The molecule has 5 nitrogen and oxygen atoms in total. The number of nitrogens with two attached hydrogens (primary N) is 1. The number of nitrogens with zero attached hydrogens (tertiary/aromatic N) is 2. The Morgan fingerprint density at radius 2 is 2.17 bits per heavy atom. The van der Waals surface area contributed by atoms with E-state index >= 15 is 0 Å². The Morgan fingerprint density at radius 1 is 1.34 bits per heavy atom. The molecule has 1 aromatic carbocycles. The number of benzene rings is 1. The smallest absolute Gasteiger partial charge is 0.122 e. The van der Waals surface area contributed by atoms with Gasteiger partial charge in [0.05, 0.1) is 6.10 Å². The van der Waals surface area contributed by atoms with Crippen molar-refractivity contribution >= 4 is 11.4 Å². The topological polar surface area (TPSA) is 69.7 Å². The summed E-state index contributed by atoms with van der Waals surface area (Å²) in [7, 11) is 0. The Labute approximate surface area is 173 Å². The van der Waals surface area contributed by atoms with Crippen LogP contribution in [0.2, 0.25) is 0 Å². The van der Waals surface area contributed by atoms with Crippen molar-refractivity contribution < 1.29 is 9.47 Å². The highest BCUT2D eigenvalue weighted by Gasteiger charge is 2.18. The number of hydrogen-bond donors (Lipinski definition) is 1. The minimum Gasteiger partial charge on any atom is -0.491 e. The third kappa shape index (κ3) is 6.16. The molecule has 2 unspecified atom stereocenters. The summed E-state index contributed by atoms with van der Waals surface area (Å²) in [6.45, 7) is 8.22. The molecule has 5 heteroatoms. The fourth-order valence-corrected chi connectivity index (χ4v) is 3.35. The molecule has 29 heavy (non-hydrogen) atoms. The van der Waals surface area contributed by atoms with Crippen molar-refractivity contribution in [3.05, 3.63) is 65.5 Å². The quantitative estimate of drug-likeness (QED) is 0.670. The number of aliphatic imine (C=N–C) groups is 1. The second-order valence-electron chi connectivity index (χ2n) is 7.65. The first-order valence-corrected chi connectivity index (χ1v) is 10.3. The zero-order valence-corrected chi connectivity index (χ0v) is 17.6. The van der Waals surface area contributed by atoms with Crippen LogP contribution < -0.4 is 10.5 Å². The van der Waals surface area contributed by atoms with Gasteiger partial charge < -0.3 is 15.2 Å². The first kappa shape index (κ1) is 21.1. The van der Waals surface area contributed by atoms with E-state index in [0.29, 0.717) is 18.8 Å². The lowest BCUT2D eigenvalue weighted by atomic mass is 10.00. The van der Waals surface area contributed by atoms with Crippen LogP contribution in [0.4, 0.5) is 0 Å². The molecule has 2 atom stereocenters. The van der Waals surface area contributed by atoms with Gasteiger partial charge in [-0.2, -0.15) is 0 Å². The van der Waals surface area contributed by atoms with E-state index in [1.54, 1.807) is 6.20 Å². The molecule has 154 valence electrons. The molecular weight excluding hydrogens is 362 g/mol. The van der Waals surface area contributed by atoms with Gasteiger partial charge in [-0.3, -0.25) is 9.98 Å². The van der Waals surface area contributed by atoms with E-state index in [2.05, 4.69) is 18.0 Å². The summed E-state index contributed by atoms with van der Waals surface area (Å²) in [5, 5.41) is 0. The second kappa shape index (κ2) is 10.2. The molecule has 1 aliphatic rings. The summed E-state index contributed by atoms with van der Waals surface area (Å²) in [5.74, 6) is 1.16. The fraction of sp³-hybridized carbons (Fsp3) is 0.417. The Bertz CT molecular complexity index is 853. The summed E-state index contributed by atoms with van der Waals surface area (Å²) in [6.07, 6.45) is 6.10. The second-order valence-corrected chi connectivity index (χ2v) is 7.65. The van der Waals surface area contributed by atoms with Crippen LogP contribution in [-0.2, 0) is 4.74 Å². The van der Waals surface area contributed by atoms with Crippen molar-refractivity contribution in [1.82, 2.24) is 4.98 Å². The molecule has 2 aromatic rings. The third-order valence-electron chi connectivity index (χ3n) is 5.12. The molecule has 2 heterocycles. The predicted molar refractivity (Wildman–Crippen MR) is 118 cm³/mol. The average Bonchev–Trinajstić information content (AvgIpc) is 3.25. The van der Waals surface area contributed by atoms with Crippen molar-refractivity contribution in [3.63, 3.8) is 0 Å². The van der Waals surface area contributed by atoms with E-state index < -0.39 is 0 Å². The van der Waals surface area contributed by atoms with Crippen LogP contribution in [0.25, 0.3) is 5.70 Å². The van der Waals surface area contributed by atoms with Gasteiger partial charge in [-0.25, -0.2) is 0 Å². The molecule has 1 fully saturated rings. The predicted octanol–water partition coefficient (Wildman–Crippen LogP) is 4.51. The highest BCUT2D eigenvalue weighted by molar-refractivity contribution is 5.98. The van der Waals surface area contributed by atoms with E-state index in [1.807, 2.05) is 50.3 Å². The van der Waals surface area contributed by atoms with Crippen molar-refractivity contribution in [2.24, 2.45) is 10.7 Å². The van der Waals surface area contributed by atoms with Crippen LogP contribution in [0.1, 0.15) is 49.4 Å². The molecular formula is C24H31N3O2. The molecule has 0 aliphatic carbocycles. The van der Waals surface area contributed by atoms with Crippen LogP contribution in [0.5, 0.6) is 5.75 Å². The van der Waals surface area contributed by atoms with E-state index in [0.717, 1.165) is 42.2 Å². The number of ether oxygens (including phenoxy) is 2. The number of rotatable bonds is 8. The number of aromatic nitrogens is 1. The van der Waals surface area contributed by atoms with E-state index in [9.17, 15) is 0 Å². The Morgan fingerprint density at radius 3 is 2.90 bits per heavy atom. The summed E-state index contributed by atoms with van der Waals surface area (Å²) in [6, 6.07) is 12.1. The minimum absolute atomic E-state index is 0.211. The van der Waals surface area contributed by atoms with E-state index in [-0.39, 0.29) is 12.0 Å². The molecule has 0 radical (unpaired) electrons. The number of hydrogen-bond acceptors (Lipinski definition) is 5. The zero-order chi connectivity index (χ0) is 20.6. The third-order valence-corrected chi connectivity index (χ3v) is 5.12. The molecule has 0 bridgehead atoms. The molecule has 0 saturated carbocycles. The number of pyridine rings is 1. The average molecular weight is 394 g/mol. The van der Waals surface area contributed by atoms with Gasteiger partial charge in [0.2, 0.25) is 0 Å². The summed E-state index contributed by atoms with van der Waals surface area (Å²) >= 11 is 0. The maximum atomic E-state index is 6.20. The molecule has 2 N–H and O–H groups in total. The lowest BCUT2D eigenvalue weighted by Crippen LogP contribution is -2.17. The van der Waals surface area contributed by atoms with Crippen LogP contribution in [0.15, 0.2) is 53.7 Å². The van der Waals surface area contributed by atoms with Gasteiger partial charge in [0.1, 0.15) is 12.4 Å². The van der Waals surface area contributed by atoms with Gasteiger partial charge in [0, 0.05) is 47.9 Å². The van der Waals surface area contributed by atoms with E-state index in [4.69, 9.17) is 20.2 Å². The summed E-state index contributed by atoms with van der Waals surface area (Å²) < 4.78 is 11.7. The lowest BCUT2D eigenvalue weighted by molar-refractivity contribution is 0.0675. The highest BCUT2D eigenvalue weighted by Crippen LogP contribution is 2.27. The van der Waals surface area contributed by atoms with Gasteiger partial charge in [-0.15, -0.1) is 0 Å². The van der Waals surface area contributed by atoms with Crippen LogP contribution in [-0.4, -0.2) is 36.6 Å². The van der Waals surface area contributed by atoms with Gasteiger partial charge in [-0.05, 0) is 56.5 Å². The molecule has 0 amide bonds. The molecule has 0 spiro atoms. The van der Waals surface area contributed by atoms with Gasteiger partial charge in [-0.1, -0.05) is 25.1 Å². The maximum Gasteiger partial charge on any atom is 0.122 e. The van der Waals surface area contributed by atoms with E-state index in [1.165, 1.54) is 5.56 Å². The SMILES string of the molecule is CC(C=C(N)c1ccc(C)nc1)=NCC(C)c1ccccc1OCC1CCCO1. The van der Waals surface area contributed by atoms with Crippen LogP contribution in [0, 0.1) is 6.92 Å². The zero-order valence-electron chi connectivity index (χ0n) is 17.6. The largest absolute Gasteiger partial charge is 0.491 e. The maximum absolute atomic E-state index is 6.20. The van der Waals surface area contributed by atoms with Gasteiger partial charge >= 0.3 is 0 Å². The Hall–Kier alpha value is -2.66. The van der Waals surface area contributed by atoms with Crippen molar-refractivity contribution in [2.75, 3.05) is 19.8 Å². The minimum atomic E-state index is 0.211. The summed E-state index contributed by atoms with van der Waals surface area (Å²) in [5.41, 5.74) is 10.8. The number of aryl methyl sites for hydroxylation is 1.